The van der Waals surface area contributed by atoms with Gasteiger partial charge in [0.2, 0.25) is 5.91 Å². The van der Waals surface area contributed by atoms with Crippen molar-refractivity contribution in [3.63, 3.8) is 0 Å². The van der Waals surface area contributed by atoms with Crippen molar-refractivity contribution in [2.75, 3.05) is 13.1 Å². The highest BCUT2D eigenvalue weighted by Crippen LogP contribution is 2.28. The highest BCUT2D eigenvalue weighted by atomic mass is 35.5. The summed E-state index contributed by atoms with van der Waals surface area (Å²) in [5.74, 6) is -0.340. The number of carbonyl (C=O) groups is 2. The fourth-order valence-corrected chi connectivity index (χ4v) is 2.46. The molecule has 22 heavy (non-hydrogen) atoms. The van der Waals surface area contributed by atoms with Crippen LogP contribution in [0.1, 0.15) is 19.8 Å². The Morgan fingerprint density at radius 3 is 2.45 bits per heavy atom. The maximum absolute atomic E-state index is 12.6. The van der Waals surface area contributed by atoms with Crippen molar-refractivity contribution in [2.24, 2.45) is 5.73 Å². The summed E-state index contributed by atoms with van der Waals surface area (Å²) in [6.45, 7) is 2.87. The summed E-state index contributed by atoms with van der Waals surface area (Å²) in [5.41, 5.74) is 4.19. The average molecular weight is 326 g/mol. The van der Waals surface area contributed by atoms with E-state index in [1.165, 1.54) is 0 Å². The van der Waals surface area contributed by atoms with Gasteiger partial charge in [-0.25, -0.2) is 0 Å². The van der Waals surface area contributed by atoms with Crippen molar-refractivity contribution < 1.29 is 14.3 Å². The van der Waals surface area contributed by atoms with E-state index in [9.17, 15) is 9.59 Å². The molecule has 0 aliphatic carbocycles. The molecule has 1 fully saturated rings. The number of nitrogens with one attached hydrogen (secondary N) is 2. The molecule has 1 aromatic carbocycles. The van der Waals surface area contributed by atoms with Crippen molar-refractivity contribution in [1.29, 1.82) is 0 Å². The minimum absolute atomic E-state index is 0.324. The van der Waals surface area contributed by atoms with Crippen LogP contribution < -0.4 is 21.1 Å². The summed E-state index contributed by atoms with van der Waals surface area (Å²) in [6.07, 6.45) is 1.01. The van der Waals surface area contributed by atoms with Crippen LogP contribution in [0.2, 0.25) is 5.02 Å². The first-order valence-electron chi connectivity index (χ1n) is 7.18. The first-order chi connectivity index (χ1) is 10.4. The predicted molar refractivity (Wildman–Crippen MR) is 83.7 cm³/mol. The number of amides is 2. The van der Waals surface area contributed by atoms with Crippen molar-refractivity contribution in [2.45, 2.75) is 31.4 Å². The predicted octanol–water partition coefficient (Wildman–Crippen LogP) is 0.831. The molecule has 2 amide bonds. The Balaban J connectivity index is 2.18. The number of ether oxygens (including phenoxy) is 1. The highest BCUT2D eigenvalue weighted by molar-refractivity contribution is 6.30. The van der Waals surface area contributed by atoms with E-state index in [1.54, 1.807) is 31.2 Å². The smallest absolute Gasteiger partial charge is 0.264 e. The fraction of sp³-hybridized carbons (Fsp3) is 0.467. The maximum atomic E-state index is 12.6. The third-order valence-electron chi connectivity index (χ3n) is 3.73. The van der Waals surface area contributed by atoms with Crippen LogP contribution in [0.25, 0.3) is 0 Å². The minimum Gasteiger partial charge on any atom is -0.477 e. The lowest BCUT2D eigenvalue weighted by atomic mass is 9.90. The molecule has 0 bridgehead atoms. The third-order valence-corrected chi connectivity index (χ3v) is 3.98. The molecule has 6 nitrogen and oxygen atoms in total. The lowest BCUT2D eigenvalue weighted by Gasteiger charge is -2.37. The number of hydrogen-bond acceptors (Lipinski definition) is 4. The topological polar surface area (TPSA) is 93.4 Å². The maximum Gasteiger partial charge on any atom is 0.264 e. The molecular weight excluding hydrogens is 306 g/mol. The molecule has 0 unspecified atom stereocenters. The number of nitrogens with two attached hydrogens (primary N) is 1. The number of carbonyl (C=O) groups excluding carboxylic acids is 2. The van der Waals surface area contributed by atoms with Gasteiger partial charge in [0.05, 0.1) is 0 Å². The van der Waals surface area contributed by atoms with Gasteiger partial charge in [-0.2, -0.15) is 0 Å². The van der Waals surface area contributed by atoms with Crippen LogP contribution >= 0.6 is 11.6 Å². The molecule has 7 heteroatoms. The van der Waals surface area contributed by atoms with Crippen LogP contribution in [0, 0.1) is 0 Å². The summed E-state index contributed by atoms with van der Waals surface area (Å²) in [6, 6.07) is 6.10. The van der Waals surface area contributed by atoms with E-state index in [2.05, 4.69) is 10.6 Å². The molecule has 1 aromatic rings. The van der Waals surface area contributed by atoms with Gasteiger partial charge in [0.25, 0.3) is 5.91 Å². The van der Waals surface area contributed by atoms with Gasteiger partial charge in [0, 0.05) is 17.9 Å². The molecular formula is C15H20ClN3O3. The molecule has 1 aliphatic heterocycles. The van der Waals surface area contributed by atoms with Gasteiger partial charge < -0.3 is 21.1 Å². The number of piperidine rings is 1. The quantitative estimate of drug-likeness (QED) is 0.747. The van der Waals surface area contributed by atoms with Crippen molar-refractivity contribution >= 4 is 23.4 Å². The van der Waals surface area contributed by atoms with E-state index in [0.29, 0.717) is 36.7 Å². The van der Waals surface area contributed by atoms with Crippen molar-refractivity contribution in [3.05, 3.63) is 29.3 Å². The zero-order valence-corrected chi connectivity index (χ0v) is 13.2. The summed E-state index contributed by atoms with van der Waals surface area (Å²) in [4.78, 5) is 23.8. The second-order valence-electron chi connectivity index (χ2n) is 5.40. The first-order valence-corrected chi connectivity index (χ1v) is 7.56. The van der Waals surface area contributed by atoms with Crippen molar-refractivity contribution in [3.8, 4) is 5.75 Å². The fourth-order valence-electron chi connectivity index (χ4n) is 2.33. The van der Waals surface area contributed by atoms with Gasteiger partial charge in [-0.05, 0) is 44.3 Å². The second-order valence-corrected chi connectivity index (χ2v) is 5.83. The van der Waals surface area contributed by atoms with Crippen LogP contribution in [-0.2, 0) is 9.59 Å². The summed E-state index contributed by atoms with van der Waals surface area (Å²) < 4.78 is 5.98. The largest absolute Gasteiger partial charge is 0.477 e. The SMILES string of the molecule is C[C@@H](NC(=O)C1(Oc2ccc(Cl)cc2)CCNCC1)C(N)=O. The second kappa shape index (κ2) is 6.98. The molecule has 0 radical (unpaired) electrons. The van der Waals surface area contributed by atoms with Crippen molar-refractivity contribution in [1.82, 2.24) is 10.6 Å². The number of hydrogen-bond donors (Lipinski definition) is 3. The molecule has 1 heterocycles. The lowest BCUT2D eigenvalue weighted by Crippen LogP contribution is -2.59. The van der Waals surface area contributed by atoms with Gasteiger partial charge in [-0.3, -0.25) is 9.59 Å². The van der Waals surface area contributed by atoms with Gasteiger partial charge in [-0.15, -0.1) is 0 Å². The van der Waals surface area contributed by atoms with Crippen LogP contribution in [-0.4, -0.2) is 36.5 Å². The molecule has 1 atom stereocenters. The molecule has 1 saturated heterocycles. The van der Waals surface area contributed by atoms with E-state index in [1.807, 2.05) is 0 Å². The zero-order chi connectivity index (χ0) is 16.2. The minimum atomic E-state index is -1.01. The number of rotatable bonds is 5. The van der Waals surface area contributed by atoms with Crippen LogP contribution in [0.4, 0.5) is 0 Å². The van der Waals surface area contributed by atoms with E-state index in [-0.39, 0.29) is 5.91 Å². The number of primary amides is 1. The van der Waals surface area contributed by atoms with E-state index < -0.39 is 17.6 Å². The molecule has 0 aromatic heterocycles. The molecule has 4 N–H and O–H groups in total. The van der Waals surface area contributed by atoms with Gasteiger partial charge in [-0.1, -0.05) is 11.6 Å². The van der Waals surface area contributed by atoms with E-state index in [0.717, 1.165) is 0 Å². The third kappa shape index (κ3) is 3.90. The Labute approximate surface area is 134 Å². The number of halogens is 1. The normalized spacial score (nSPS) is 18.3. The Bertz CT molecular complexity index is 541. The Morgan fingerprint density at radius 2 is 1.91 bits per heavy atom. The summed E-state index contributed by atoms with van der Waals surface area (Å²) >= 11 is 5.86. The molecule has 1 aliphatic rings. The molecule has 0 saturated carbocycles. The standard InChI is InChI=1S/C15H20ClN3O3/c1-10(13(17)20)19-14(21)15(6-8-18-9-7-15)22-12-4-2-11(16)3-5-12/h2-5,10,18H,6-9H2,1H3,(H2,17,20)(H,19,21)/t10-/m1/s1. The molecule has 2 rings (SSSR count). The van der Waals surface area contributed by atoms with Gasteiger partial charge in [0.1, 0.15) is 11.8 Å². The Hall–Kier alpha value is -1.79. The molecule has 120 valence electrons. The lowest BCUT2D eigenvalue weighted by molar-refractivity contribution is -0.141. The van der Waals surface area contributed by atoms with Crippen LogP contribution in [0.3, 0.4) is 0 Å². The van der Waals surface area contributed by atoms with Gasteiger partial charge >= 0.3 is 0 Å². The highest BCUT2D eigenvalue weighted by Gasteiger charge is 2.42. The average Bonchev–Trinajstić information content (AvgIpc) is 2.50. The summed E-state index contributed by atoms with van der Waals surface area (Å²) in [7, 11) is 0. The Kier molecular flexibility index (Phi) is 5.26. The van der Waals surface area contributed by atoms with E-state index >= 15 is 0 Å². The van der Waals surface area contributed by atoms with Crippen LogP contribution in [0.15, 0.2) is 24.3 Å². The number of benzene rings is 1. The van der Waals surface area contributed by atoms with Crippen LogP contribution in [0.5, 0.6) is 5.75 Å². The monoisotopic (exact) mass is 325 g/mol. The summed E-state index contributed by atoms with van der Waals surface area (Å²) in [5, 5.41) is 6.42. The zero-order valence-electron chi connectivity index (χ0n) is 12.4. The Morgan fingerprint density at radius 1 is 1.32 bits per heavy atom. The first kappa shape index (κ1) is 16.6. The van der Waals surface area contributed by atoms with E-state index in [4.69, 9.17) is 22.1 Å². The van der Waals surface area contributed by atoms with Gasteiger partial charge in [0.15, 0.2) is 5.60 Å². The molecule has 0 spiro atoms.